The zero-order valence-corrected chi connectivity index (χ0v) is 16.2. The van der Waals surface area contributed by atoms with Crippen LogP contribution in [-0.4, -0.2) is 44.7 Å². The Hall–Kier alpha value is -3.82. The molecule has 154 valence electrons. The van der Waals surface area contributed by atoms with Crippen molar-refractivity contribution < 1.29 is 28.7 Å². The quantitative estimate of drug-likeness (QED) is 0.370. The second-order valence-electron chi connectivity index (χ2n) is 5.78. The maximum atomic E-state index is 12.1. The average Bonchev–Trinajstić information content (AvgIpc) is 2.74. The van der Waals surface area contributed by atoms with E-state index in [-0.39, 0.29) is 23.5 Å². The van der Waals surface area contributed by atoms with Crippen molar-refractivity contribution >= 4 is 23.3 Å². The van der Waals surface area contributed by atoms with Gasteiger partial charge in [-0.25, -0.2) is 4.79 Å². The largest absolute Gasteiger partial charge is 0.493 e. The van der Waals surface area contributed by atoms with Crippen LogP contribution >= 0.6 is 0 Å². The lowest BCUT2D eigenvalue weighted by atomic mass is 10.1. The number of hydrogen-bond donors (Lipinski definition) is 2. The Morgan fingerprint density at radius 2 is 1.79 bits per heavy atom. The lowest BCUT2D eigenvalue weighted by Crippen LogP contribution is -2.28. The first-order valence-corrected chi connectivity index (χ1v) is 8.50. The van der Waals surface area contributed by atoms with Crippen LogP contribution in [0.5, 0.6) is 11.5 Å². The number of nitro groups is 1. The van der Waals surface area contributed by atoms with E-state index in [2.05, 4.69) is 10.6 Å². The smallest absolute Gasteiger partial charge is 0.338 e. The van der Waals surface area contributed by atoms with Crippen molar-refractivity contribution in [1.29, 1.82) is 0 Å². The van der Waals surface area contributed by atoms with E-state index < -0.39 is 23.4 Å². The van der Waals surface area contributed by atoms with Crippen molar-refractivity contribution in [2.75, 3.05) is 33.2 Å². The van der Waals surface area contributed by atoms with E-state index in [1.807, 2.05) is 0 Å². The van der Waals surface area contributed by atoms with E-state index in [0.717, 1.165) is 11.6 Å². The number of carbonyl (C=O) groups excluding carboxylic acids is 2. The van der Waals surface area contributed by atoms with Crippen LogP contribution in [0.25, 0.3) is 0 Å². The minimum atomic E-state index is -0.836. The van der Waals surface area contributed by atoms with E-state index in [1.54, 1.807) is 18.2 Å². The van der Waals surface area contributed by atoms with Gasteiger partial charge in [-0.1, -0.05) is 6.07 Å². The van der Waals surface area contributed by atoms with Gasteiger partial charge in [-0.05, 0) is 29.8 Å². The molecule has 0 aliphatic carbocycles. The van der Waals surface area contributed by atoms with Crippen LogP contribution in [-0.2, 0) is 16.1 Å². The lowest BCUT2D eigenvalue weighted by molar-refractivity contribution is -0.384. The second kappa shape index (κ2) is 9.93. The molecular weight excluding hydrogens is 382 g/mol. The topological polar surface area (TPSA) is 129 Å². The molecule has 0 spiro atoms. The number of nitrogens with one attached hydrogen (secondary N) is 2. The molecule has 2 N–H and O–H groups in total. The number of hydrogen-bond acceptors (Lipinski definition) is 8. The molecule has 0 bridgehead atoms. The van der Waals surface area contributed by atoms with Crippen molar-refractivity contribution in [2.24, 2.45) is 0 Å². The maximum Gasteiger partial charge on any atom is 0.338 e. The highest BCUT2D eigenvalue weighted by Gasteiger charge is 2.18. The number of anilines is 1. The van der Waals surface area contributed by atoms with Crippen LogP contribution < -0.4 is 20.1 Å². The molecule has 0 aliphatic rings. The van der Waals surface area contributed by atoms with Crippen LogP contribution in [0.15, 0.2) is 36.4 Å². The molecule has 0 radical (unpaired) electrons. The molecule has 0 saturated heterocycles. The summed E-state index contributed by atoms with van der Waals surface area (Å²) in [7, 11) is 4.56. The number of carbonyl (C=O) groups is 2. The van der Waals surface area contributed by atoms with E-state index in [1.165, 1.54) is 33.4 Å². The standard InChI is InChI=1S/C19H21N3O7/c1-20-14-6-5-13(9-15(14)22(25)26)19(24)29-11-18(23)21-10-12-4-7-16(27-2)17(8-12)28-3/h4-9,20H,10-11H2,1-3H3,(H,21,23). The Balaban J connectivity index is 1.91. The zero-order chi connectivity index (χ0) is 21.4. The Labute approximate surface area is 166 Å². The first kappa shape index (κ1) is 21.5. The van der Waals surface area contributed by atoms with Crippen molar-refractivity contribution in [2.45, 2.75) is 6.54 Å². The molecule has 0 unspecified atom stereocenters. The van der Waals surface area contributed by atoms with Gasteiger partial charge in [0.1, 0.15) is 5.69 Å². The Bertz CT molecular complexity index is 915. The predicted octanol–water partition coefficient (Wildman–Crippen LogP) is 2.13. The molecule has 2 rings (SSSR count). The van der Waals surface area contributed by atoms with E-state index in [4.69, 9.17) is 14.2 Å². The summed E-state index contributed by atoms with van der Waals surface area (Å²) in [6.45, 7) is -0.327. The summed E-state index contributed by atoms with van der Waals surface area (Å²) in [6.07, 6.45) is 0. The molecule has 2 aromatic rings. The van der Waals surface area contributed by atoms with Crippen LogP contribution in [0.2, 0.25) is 0 Å². The molecule has 0 aliphatic heterocycles. The highest BCUT2D eigenvalue weighted by atomic mass is 16.6. The molecular formula is C19H21N3O7. The first-order chi connectivity index (χ1) is 13.9. The van der Waals surface area contributed by atoms with Gasteiger partial charge in [-0.3, -0.25) is 14.9 Å². The molecule has 10 nitrogen and oxygen atoms in total. The van der Waals surface area contributed by atoms with Gasteiger partial charge in [0.05, 0.1) is 24.7 Å². The summed E-state index contributed by atoms with van der Waals surface area (Å²) >= 11 is 0. The van der Waals surface area contributed by atoms with Crippen LogP contribution in [0.1, 0.15) is 15.9 Å². The molecule has 0 heterocycles. The van der Waals surface area contributed by atoms with E-state index in [9.17, 15) is 19.7 Å². The normalized spacial score (nSPS) is 10.0. The fourth-order valence-corrected chi connectivity index (χ4v) is 2.48. The third kappa shape index (κ3) is 5.58. The summed E-state index contributed by atoms with van der Waals surface area (Å²) in [5, 5.41) is 16.3. The van der Waals surface area contributed by atoms with Gasteiger partial charge in [0, 0.05) is 19.7 Å². The summed E-state index contributed by atoms with van der Waals surface area (Å²) in [5.74, 6) is -0.265. The van der Waals surface area contributed by atoms with Crippen molar-refractivity contribution in [3.63, 3.8) is 0 Å². The zero-order valence-electron chi connectivity index (χ0n) is 16.2. The van der Waals surface area contributed by atoms with Gasteiger partial charge >= 0.3 is 5.97 Å². The van der Waals surface area contributed by atoms with Gasteiger partial charge in [-0.15, -0.1) is 0 Å². The fraction of sp³-hybridized carbons (Fsp3) is 0.263. The fourth-order valence-electron chi connectivity index (χ4n) is 2.48. The minimum absolute atomic E-state index is 0.0246. The average molecular weight is 403 g/mol. The number of ether oxygens (including phenoxy) is 3. The molecule has 2 aromatic carbocycles. The third-order valence-electron chi connectivity index (χ3n) is 3.97. The summed E-state index contributed by atoms with van der Waals surface area (Å²) < 4.78 is 15.3. The van der Waals surface area contributed by atoms with Gasteiger partial charge in [-0.2, -0.15) is 0 Å². The van der Waals surface area contributed by atoms with Gasteiger partial charge in [0.25, 0.3) is 11.6 Å². The van der Waals surface area contributed by atoms with Crippen molar-refractivity contribution in [3.05, 3.63) is 57.6 Å². The summed E-state index contributed by atoms with van der Waals surface area (Å²) in [6, 6.07) is 9.05. The number of methoxy groups -OCH3 is 2. The minimum Gasteiger partial charge on any atom is -0.493 e. The number of nitro benzene ring substituents is 1. The maximum absolute atomic E-state index is 12.1. The lowest BCUT2D eigenvalue weighted by Gasteiger charge is -2.10. The van der Waals surface area contributed by atoms with Crippen LogP contribution in [0, 0.1) is 10.1 Å². The predicted molar refractivity (Wildman–Crippen MR) is 104 cm³/mol. The van der Waals surface area contributed by atoms with Crippen molar-refractivity contribution in [1.82, 2.24) is 5.32 Å². The highest BCUT2D eigenvalue weighted by molar-refractivity contribution is 5.93. The summed E-state index contributed by atoms with van der Waals surface area (Å²) in [5.41, 5.74) is 0.739. The second-order valence-corrected chi connectivity index (χ2v) is 5.78. The monoisotopic (exact) mass is 403 g/mol. The molecule has 10 heteroatoms. The highest BCUT2D eigenvalue weighted by Crippen LogP contribution is 2.27. The summed E-state index contributed by atoms with van der Waals surface area (Å²) in [4.78, 5) is 34.5. The first-order valence-electron chi connectivity index (χ1n) is 8.50. The molecule has 0 atom stereocenters. The Kier molecular flexibility index (Phi) is 7.35. The molecule has 0 fully saturated rings. The van der Waals surface area contributed by atoms with E-state index in [0.29, 0.717) is 11.5 Å². The van der Waals surface area contributed by atoms with Crippen LogP contribution in [0.3, 0.4) is 0 Å². The third-order valence-corrected chi connectivity index (χ3v) is 3.97. The Morgan fingerprint density at radius 3 is 2.41 bits per heavy atom. The van der Waals surface area contributed by atoms with Gasteiger partial charge < -0.3 is 24.8 Å². The van der Waals surface area contributed by atoms with Crippen molar-refractivity contribution in [3.8, 4) is 11.5 Å². The molecule has 1 amide bonds. The SMILES string of the molecule is CNc1ccc(C(=O)OCC(=O)NCc2ccc(OC)c(OC)c2)cc1[N+](=O)[O-]. The molecule has 29 heavy (non-hydrogen) atoms. The van der Waals surface area contributed by atoms with E-state index >= 15 is 0 Å². The Morgan fingerprint density at radius 1 is 1.07 bits per heavy atom. The van der Waals surface area contributed by atoms with Crippen LogP contribution in [0.4, 0.5) is 11.4 Å². The molecule has 0 aromatic heterocycles. The van der Waals surface area contributed by atoms with Gasteiger partial charge in [0.2, 0.25) is 0 Å². The molecule has 0 saturated carbocycles. The van der Waals surface area contributed by atoms with Gasteiger partial charge in [0.15, 0.2) is 18.1 Å². The number of nitrogens with zero attached hydrogens (tertiary/aromatic N) is 1. The number of amides is 1. The number of benzene rings is 2. The number of rotatable bonds is 9. The number of esters is 1.